The minimum absolute atomic E-state index is 0.121. The number of aliphatic hydroxyl groups excluding tert-OH is 1. The predicted molar refractivity (Wildman–Crippen MR) is 100 cm³/mol. The second-order valence-corrected chi connectivity index (χ2v) is 7.35. The number of nitrogens with zero attached hydrogens (tertiary/aromatic N) is 2. The summed E-state index contributed by atoms with van der Waals surface area (Å²) in [5, 5.41) is 14.7. The molecule has 1 atom stereocenters. The molecule has 2 rings (SSSR count). The Labute approximate surface area is 148 Å². The smallest absolute Gasteiger partial charge is 0.185 e. The molecular formula is C18H27N3O2S. The molecule has 0 radical (unpaired) electrons. The minimum Gasteiger partial charge on any atom is -0.491 e. The first kappa shape index (κ1) is 18.7. The summed E-state index contributed by atoms with van der Waals surface area (Å²) in [6, 6.07) is 7.64. The lowest BCUT2D eigenvalue weighted by Crippen LogP contribution is -2.21. The highest BCUT2D eigenvalue weighted by atomic mass is 32.1. The number of aliphatic hydroxyl groups is 1. The van der Waals surface area contributed by atoms with Crippen molar-refractivity contribution in [1.29, 1.82) is 0 Å². The Kier molecular flexibility index (Phi) is 6.60. The average molecular weight is 350 g/mol. The van der Waals surface area contributed by atoms with Crippen LogP contribution in [-0.2, 0) is 6.54 Å². The van der Waals surface area contributed by atoms with Crippen molar-refractivity contribution in [2.75, 3.05) is 25.5 Å². The zero-order valence-electron chi connectivity index (χ0n) is 15.0. The molecule has 0 saturated carbocycles. The number of anilines is 1. The molecule has 1 aromatic heterocycles. The van der Waals surface area contributed by atoms with E-state index in [2.05, 4.69) is 10.3 Å². The number of hydrogen-bond donors (Lipinski definition) is 2. The molecule has 132 valence electrons. The van der Waals surface area contributed by atoms with Gasteiger partial charge in [0.15, 0.2) is 5.13 Å². The Morgan fingerprint density at radius 2 is 2.08 bits per heavy atom. The van der Waals surface area contributed by atoms with Gasteiger partial charge in [0.2, 0.25) is 0 Å². The van der Waals surface area contributed by atoms with Crippen LogP contribution < -0.4 is 15.0 Å². The predicted octanol–water partition coefficient (Wildman–Crippen LogP) is 3.13. The summed E-state index contributed by atoms with van der Waals surface area (Å²) in [5.41, 5.74) is 1.90. The fourth-order valence-electron chi connectivity index (χ4n) is 2.28. The summed E-state index contributed by atoms with van der Waals surface area (Å²) in [6.07, 6.45) is -0.446. The van der Waals surface area contributed by atoms with Gasteiger partial charge in [-0.25, -0.2) is 4.98 Å². The molecule has 1 unspecified atom stereocenters. The summed E-state index contributed by atoms with van der Waals surface area (Å²) in [5.74, 6) is 0.787. The van der Waals surface area contributed by atoms with Gasteiger partial charge in [-0.05, 0) is 38.5 Å². The molecule has 0 saturated heterocycles. The molecule has 0 aliphatic rings. The van der Waals surface area contributed by atoms with Crippen molar-refractivity contribution in [1.82, 2.24) is 10.3 Å². The maximum atomic E-state index is 10.4. The van der Waals surface area contributed by atoms with E-state index in [1.807, 2.05) is 64.0 Å². The molecule has 0 spiro atoms. The number of nitrogens with one attached hydrogen (secondary N) is 1. The zero-order valence-corrected chi connectivity index (χ0v) is 15.9. The highest BCUT2D eigenvalue weighted by Gasteiger charge is 2.12. The Bertz CT molecular complexity index is 655. The van der Waals surface area contributed by atoms with Crippen LogP contribution in [0.3, 0.4) is 0 Å². The first-order valence-electron chi connectivity index (χ1n) is 8.16. The molecule has 0 amide bonds. The van der Waals surface area contributed by atoms with E-state index in [9.17, 15) is 5.11 Å². The van der Waals surface area contributed by atoms with Gasteiger partial charge in [0.25, 0.3) is 0 Å². The molecule has 2 N–H and O–H groups in total. The van der Waals surface area contributed by atoms with Crippen LogP contribution in [0.4, 0.5) is 5.13 Å². The molecule has 0 fully saturated rings. The fraction of sp³-hybridized carbons (Fsp3) is 0.500. The van der Waals surface area contributed by atoms with E-state index >= 15 is 0 Å². The fourth-order valence-corrected chi connectivity index (χ4v) is 3.23. The van der Waals surface area contributed by atoms with Gasteiger partial charge in [-0.3, -0.25) is 0 Å². The van der Waals surface area contributed by atoms with E-state index in [0.717, 1.165) is 22.1 Å². The van der Waals surface area contributed by atoms with Crippen molar-refractivity contribution in [2.45, 2.75) is 39.5 Å². The number of hydrogen-bond acceptors (Lipinski definition) is 6. The highest BCUT2D eigenvalue weighted by Crippen LogP contribution is 2.24. The number of thiazole rings is 1. The molecule has 5 nitrogen and oxygen atoms in total. The van der Waals surface area contributed by atoms with Crippen LogP contribution in [0.5, 0.6) is 5.75 Å². The molecule has 1 aromatic carbocycles. The van der Waals surface area contributed by atoms with Gasteiger partial charge in [0.05, 0.1) is 17.9 Å². The third-order valence-electron chi connectivity index (χ3n) is 3.50. The maximum Gasteiger partial charge on any atom is 0.185 e. The lowest BCUT2D eigenvalue weighted by molar-refractivity contribution is 0.173. The lowest BCUT2D eigenvalue weighted by Gasteiger charge is -2.15. The number of aromatic nitrogens is 1. The number of rotatable bonds is 8. The van der Waals surface area contributed by atoms with E-state index in [0.29, 0.717) is 13.1 Å². The standard InChI is InChI=1S/C18H27N3O2S/c1-12(2)23-15-8-6-7-14(9-15)16(22)10-19-11-17-13(3)20-18(24-17)21(4)5/h6-9,12,16,19,22H,10-11H2,1-5H3. The molecule has 1 heterocycles. The van der Waals surface area contributed by atoms with Crippen LogP contribution in [0.25, 0.3) is 0 Å². The SMILES string of the molecule is Cc1nc(N(C)C)sc1CNCC(O)c1cccc(OC(C)C)c1. The maximum absolute atomic E-state index is 10.4. The Morgan fingerprint density at radius 3 is 2.71 bits per heavy atom. The summed E-state index contributed by atoms with van der Waals surface area (Å²) in [7, 11) is 3.98. The van der Waals surface area contributed by atoms with Crippen LogP contribution in [0.1, 0.15) is 36.1 Å². The topological polar surface area (TPSA) is 57.6 Å². The van der Waals surface area contributed by atoms with Gasteiger partial charge in [-0.2, -0.15) is 0 Å². The van der Waals surface area contributed by atoms with Crippen LogP contribution in [-0.4, -0.2) is 36.8 Å². The van der Waals surface area contributed by atoms with Gasteiger partial charge in [-0.15, -0.1) is 11.3 Å². The summed E-state index contributed by atoms with van der Waals surface area (Å²) >= 11 is 1.68. The number of aryl methyl sites for hydroxylation is 1. The largest absolute Gasteiger partial charge is 0.491 e. The molecule has 0 aliphatic carbocycles. The van der Waals surface area contributed by atoms with Crippen LogP contribution in [0.2, 0.25) is 0 Å². The zero-order chi connectivity index (χ0) is 17.7. The third kappa shape index (κ3) is 5.19. The Hall–Kier alpha value is -1.63. The van der Waals surface area contributed by atoms with Gasteiger partial charge in [0.1, 0.15) is 5.75 Å². The summed E-state index contributed by atoms with van der Waals surface area (Å²) in [6.45, 7) is 7.19. The lowest BCUT2D eigenvalue weighted by atomic mass is 10.1. The minimum atomic E-state index is -0.567. The second kappa shape index (κ2) is 8.46. The van der Waals surface area contributed by atoms with Crippen LogP contribution >= 0.6 is 11.3 Å². The van der Waals surface area contributed by atoms with E-state index < -0.39 is 6.10 Å². The van der Waals surface area contributed by atoms with Crippen molar-refractivity contribution in [2.24, 2.45) is 0 Å². The van der Waals surface area contributed by atoms with Gasteiger partial charge < -0.3 is 20.1 Å². The van der Waals surface area contributed by atoms with Crippen molar-refractivity contribution in [3.05, 3.63) is 40.4 Å². The van der Waals surface area contributed by atoms with Crippen molar-refractivity contribution in [3.8, 4) is 5.75 Å². The molecule has 0 bridgehead atoms. The molecule has 2 aromatic rings. The molecular weight excluding hydrogens is 322 g/mol. The van der Waals surface area contributed by atoms with Gasteiger partial charge in [-0.1, -0.05) is 12.1 Å². The van der Waals surface area contributed by atoms with Crippen molar-refractivity contribution >= 4 is 16.5 Å². The average Bonchev–Trinajstić information content (AvgIpc) is 2.88. The summed E-state index contributed by atoms with van der Waals surface area (Å²) < 4.78 is 5.68. The quantitative estimate of drug-likeness (QED) is 0.767. The van der Waals surface area contributed by atoms with Crippen molar-refractivity contribution in [3.63, 3.8) is 0 Å². The molecule has 6 heteroatoms. The molecule has 0 aliphatic heterocycles. The first-order valence-corrected chi connectivity index (χ1v) is 8.97. The third-order valence-corrected chi connectivity index (χ3v) is 4.83. The van der Waals surface area contributed by atoms with Crippen molar-refractivity contribution < 1.29 is 9.84 Å². The van der Waals surface area contributed by atoms with E-state index in [1.165, 1.54) is 4.88 Å². The van der Waals surface area contributed by atoms with Crippen LogP contribution in [0.15, 0.2) is 24.3 Å². The molecule has 24 heavy (non-hydrogen) atoms. The normalized spacial score (nSPS) is 12.5. The van der Waals surface area contributed by atoms with E-state index in [4.69, 9.17) is 4.74 Å². The van der Waals surface area contributed by atoms with Gasteiger partial charge in [0, 0.05) is 32.1 Å². The first-order chi connectivity index (χ1) is 11.4. The van der Waals surface area contributed by atoms with Gasteiger partial charge >= 0.3 is 0 Å². The number of ether oxygens (including phenoxy) is 1. The highest BCUT2D eigenvalue weighted by molar-refractivity contribution is 7.15. The Balaban J connectivity index is 1.90. The number of benzene rings is 1. The van der Waals surface area contributed by atoms with E-state index in [1.54, 1.807) is 11.3 Å². The summed E-state index contributed by atoms with van der Waals surface area (Å²) in [4.78, 5) is 7.74. The van der Waals surface area contributed by atoms with E-state index in [-0.39, 0.29) is 6.10 Å². The monoisotopic (exact) mass is 349 g/mol. The second-order valence-electron chi connectivity index (χ2n) is 6.29. The Morgan fingerprint density at radius 1 is 1.33 bits per heavy atom. The van der Waals surface area contributed by atoms with Crippen LogP contribution in [0, 0.1) is 6.92 Å².